The molecule has 0 aliphatic rings. The molecule has 1 atom stereocenters. The van der Waals surface area contributed by atoms with Crippen LogP contribution < -0.4 is 9.62 Å². The molecule has 33 heavy (non-hydrogen) atoms. The van der Waals surface area contributed by atoms with Crippen LogP contribution in [0.25, 0.3) is 0 Å². The molecule has 2 aromatic carbocycles. The van der Waals surface area contributed by atoms with E-state index in [2.05, 4.69) is 5.32 Å². The van der Waals surface area contributed by atoms with Gasteiger partial charge in [-0.15, -0.1) is 0 Å². The summed E-state index contributed by atoms with van der Waals surface area (Å²) in [6.45, 7) is 5.57. The average Bonchev–Trinajstić information content (AvgIpc) is 2.74. The fraction of sp³-hybridized carbons (Fsp3) is 0.391. The molecule has 0 unspecified atom stereocenters. The van der Waals surface area contributed by atoms with Gasteiger partial charge < -0.3 is 10.2 Å². The van der Waals surface area contributed by atoms with Crippen LogP contribution in [0.15, 0.2) is 42.5 Å². The van der Waals surface area contributed by atoms with Gasteiger partial charge in [0, 0.05) is 18.1 Å². The first-order valence-corrected chi connectivity index (χ1v) is 13.1. The largest absolute Gasteiger partial charge is 0.354 e. The number of halogens is 2. The average molecular weight is 514 g/mol. The first-order valence-electron chi connectivity index (χ1n) is 10.5. The fourth-order valence-corrected chi connectivity index (χ4v) is 4.55. The van der Waals surface area contributed by atoms with E-state index in [0.717, 1.165) is 28.1 Å². The van der Waals surface area contributed by atoms with Crippen molar-refractivity contribution >= 4 is 50.7 Å². The monoisotopic (exact) mass is 513 g/mol. The van der Waals surface area contributed by atoms with Gasteiger partial charge in [-0.05, 0) is 44.0 Å². The third kappa shape index (κ3) is 7.62. The quantitative estimate of drug-likeness (QED) is 0.519. The maximum Gasteiger partial charge on any atom is 0.244 e. The first kappa shape index (κ1) is 27.0. The zero-order valence-electron chi connectivity index (χ0n) is 19.1. The normalized spacial score (nSPS) is 12.2. The van der Waals surface area contributed by atoms with Gasteiger partial charge in [-0.3, -0.25) is 13.9 Å². The molecule has 180 valence electrons. The van der Waals surface area contributed by atoms with E-state index >= 15 is 0 Å². The minimum absolute atomic E-state index is 0.0959. The Morgan fingerprint density at radius 3 is 2.42 bits per heavy atom. The topological polar surface area (TPSA) is 86.8 Å². The molecule has 0 fully saturated rings. The van der Waals surface area contributed by atoms with Crippen LogP contribution in [-0.4, -0.2) is 50.5 Å². The maximum absolute atomic E-state index is 13.4. The van der Waals surface area contributed by atoms with Crippen LogP contribution in [0.4, 0.5) is 5.69 Å². The summed E-state index contributed by atoms with van der Waals surface area (Å²) in [5.41, 5.74) is 1.93. The van der Waals surface area contributed by atoms with Crippen molar-refractivity contribution in [2.75, 3.05) is 23.7 Å². The van der Waals surface area contributed by atoms with Crippen LogP contribution in [0.5, 0.6) is 0 Å². The first-order chi connectivity index (χ1) is 15.4. The SMILES string of the molecule is CCCNC(=O)[C@@H](C)N(Cc1cccc(C)c1)C(=O)CN(c1cc(Cl)ccc1Cl)S(C)(=O)=O. The Balaban J connectivity index is 2.42. The van der Waals surface area contributed by atoms with E-state index in [1.54, 1.807) is 6.92 Å². The summed E-state index contributed by atoms with van der Waals surface area (Å²) in [5, 5.41) is 3.21. The summed E-state index contributed by atoms with van der Waals surface area (Å²) in [5.74, 6) is -0.860. The molecule has 0 aliphatic carbocycles. The highest BCUT2D eigenvalue weighted by atomic mass is 35.5. The van der Waals surface area contributed by atoms with Crippen molar-refractivity contribution in [1.29, 1.82) is 0 Å². The van der Waals surface area contributed by atoms with Crippen LogP contribution in [0, 0.1) is 6.92 Å². The Kier molecular flexibility index (Phi) is 9.57. The van der Waals surface area contributed by atoms with Crippen molar-refractivity contribution < 1.29 is 18.0 Å². The Labute approximate surface area is 205 Å². The van der Waals surface area contributed by atoms with Crippen molar-refractivity contribution in [2.45, 2.75) is 39.8 Å². The number of hydrogen-bond donors (Lipinski definition) is 1. The molecule has 0 aliphatic heterocycles. The summed E-state index contributed by atoms with van der Waals surface area (Å²) in [7, 11) is -3.88. The van der Waals surface area contributed by atoms with E-state index in [0.29, 0.717) is 6.54 Å². The molecule has 2 rings (SSSR count). The number of aryl methyl sites for hydroxylation is 1. The lowest BCUT2D eigenvalue weighted by Crippen LogP contribution is -2.51. The Morgan fingerprint density at radius 1 is 1.12 bits per heavy atom. The Morgan fingerprint density at radius 2 is 1.82 bits per heavy atom. The molecular formula is C23H29Cl2N3O4S. The molecule has 1 N–H and O–H groups in total. The molecule has 0 aromatic heterocycles. The lowest BCUT2D eigenvalue weighted by atomic mass is 10.1. The van der Waals surface area contributed by atoms with Gasteiger partial charge in [0.1, 0.15) is 12.6 Å². The summed E-state index contributed by atoms with van der Waals surface area (Å²) >= 11 is 12.3. The van der Waals surface area contributed by atoms with Gasteiger partial charge in [0.15, 0.2) is 0 Å². The predicted molar refractivity (Wildman–Crippen MR) is 133 cm³/mol. The molecule has 0 heterocycles. The van der Waals surface area contributed by atoms with Gasteiger partial charge in [-0.1, -0.05) is 60.0 Å². The number of carbonyl (C=O) groups excluding carboxylic acids is 2. The molecule has 7 nitrogen and oxygen atoms in total. The van der Waals surface area contributed by atoms with Gasteiger partial charge in [-0.2, -0.15) is 0 Å². The van der Waals surface area contributed by atoms with E-state index in [-0.39, 0.29) is 28.2 Å². The lowest BCUT2D eigenvalue weighted by molar-refractivity contribution is -0.139. The van der Waals surface area contributed by atoms with Crippen LogP contribution in [-0.2, 0) is 26.2 Å². The van der Waals surface area contributed by atoms with Crippen molar-refractivity contribution in [1.82, 2.24) is 10.2 Å². The van der Waals surface area contributed by atoms with Crippen LogP contribution in [0.1, 0.15) is 31.4 Å². The molecule has 0 saturated heterocycles. The van der Waals surface area contributed by atoms with Gasteiger partial charge in [0.05, 0.1) is 17.0 Å². The second-order valence-corrected chi connectivity index (χ2v) is 10.6. The highest BCUT2D eigenvalue weighted by Crippen LogP contribution is 2.30. The molecule has 0 saturated carbocycles. The molecule has 2 aromatic rings. The summed E-state index contributed by atoms with van der Waals surface area (Å²) in [6.07, 6.45) is 1.74. The zero-order valence-corrected chi connectivity index (χ0v) is 21.5. The highest BCUT2D eigenvalue weighted by molar-refractivity contribution is 7.92. The van der Waals surface area contributed by atoms with Crippen molar-refractivity contribution in [3.05, 3.63) is 63.6 Å². The third-order valence-corrected chi connectivity index (χ3v) is 6.69. The fourth-order valence-electron chi connectivity index (χ4n) is 3.26. The van der Waals surface area contributed by atoms with Crippen molar-refractivity contribution in [3.63, 3.8) is 0 Å². The number of benzene rings is 2. The number of amides is 2. The molecular weight excluding hydrogens is 485 g/mol. The van der Waals surface area contributed by atoms with Gasteiger partial charge >= 0.3 is 0 Å². The maximum atomic E-state index is 13.4. The zero-order chi connectivity index (χ0) is 24.8. The second kappa shape index (κ2) is 11.7. The molecule has 2 amide bonds. The molecule has 0 spiro atoms. The number of hydrogen-bond acceptors (Lipinski definition) is 4. The number of sulfonamides is 1. The number of nitrogens with zero attached hydrogens (tertiary/aromatic N) is 2. The number of nitrogens with one attached hydrogen (secondary N) is 1. The van der Waals surface area contributed by atoms with E-state index in [4.69, 9.17) is 23.2 Å². The van der Waals surface area contributed by atoms with Crippen molar-refractivity contribution in [2.24, 2.45) is 0 Å². The van der Waals surface area contributed by atoms with Gasteiger partial charge in [-0.25, -0.2) is 8.42 Å². The Bertz CT molecular complexity index is 1110. The molecule has 10 heteroatoms. The summed E-state index contributed by atoms with van der Waals surface area (Å²) in [4.78, 5) is 27.5. The van der Waals surface area contributed by atoms with Crippen LogP contribution in [0.3, 0.4) is 0 Å². The number of anilines is 1. The molecule has 0 bridgehead atoms. The predicted octanol–water partition coefficient (Wildman–Crippen LogP) is 4.01. The third-order valence-electron chi connectivity index (χ3n) is 5.01. The highest BCUT2D eigenvalue weighted by Gasteiger charge is 2.30. The van der Waals surface area contributed by atoms with E-state index in [9.17, 15) is 18.0 Å². The van der Waals surface area contributed by atoms with E-state index < -0.39 is 28.5 Å². The van der Waals surface area contributed by atoms with E-state index in [1.807, 2.05) is 38.1 Å². The Hall–Kier alpha value is -2.29. The summed E-state index contributed by atoms with van der Waals surface area (Å²) in [6, 6.07) is 11.1. The van der Waals surface area contributed by atoms with Gasteiger partial charge in [0.25, 0.3) is 0 Å². The number of rotatable bonds is 10. The lowest BCUT2D eigenvalue weighted by Gasteiger charge is -2.31. The van der Waals surface area contributed by atoms with Crippen LogP contribution in [0.2, 0.25) is 10.0 Å². The van der Waals surface area contributed by atoms with E-state index in [1.165, 1.54) is 23.1 Å². The number of carbonyl (C=O) groups is 2. The minimum atomic E-state index is -3.88. The minimum Gasteiger partial charge on any atom is -0.354 e. The van der Waals surface area contributed by atoms with Crippen LogP contribution >= 0.6 is 23.2 Å². The summed E-state index contributed by atoms with van der Waals surface area (Å²) < 4.78 is 26.1. The molecule has 0 radical (unpaired) electrons. The second-order valence-electron chi connectivity index (χ2n) is 7.84. The van der Waals surface area contributed by atoms with Gasteiger partial charge in [0.2, 0.25) is 21.8 Å². The standard InChI is InChI=1S/C23H29Cl2N3O4S/c1-5-11-26-23(30)17(3)27(14-18-8-6-7-16(2)12-18)22(29)15-28(33(4,31)32)21-13-19(24)9-10-20(21)25/h6-10,12-13,17H,5,11,14-15H2,1-4H3,(H,26,30)/t17-/m1/s1. The van der Waals surface area contributed by atoms with Crippen molar-refractivity contribution in [3.8, 4) is 0 Å². The smallest absolute Gasteiger partial charge is 0.244 e.